The predicted molar refractivity (Wildman–Crippen MR) is 106 cm³/mol. The van der Waals surface area contributed by atoms with E-state index in [1.54, 1.807) is 10.6 Å². The summed E-state index contributed by atoms with van der Waals surface area (Å²) in [6.45, 7) is 4.74. The molecule has 7 heteroatoms. The maximum atomic E-state index is 14.9. The minimum atomic E-state index is -1.33. The summed E-state index contributed by atoms with van der Waals surface area (Å²) in [7, 11) is 0. The highest BCUT2D eigenvalue weighted by Crippen LogP contribution is 2.27. The van der Waals surface area contributed by atoms with E-state index in [2.05, 4.69) is 5.32 Å². The third-order valence-corrected chi connectivity index (χ3v) is 5.04. The van der Waals surface area contributed by atoms with Crippen molar-refractivity contribution in [1.29, 1.82) is 0 Å². The Bertz CT molecular complexity index is 1130. The maximum Gasteiger partial charge on any atom is 0.341 e. The molecule has 144 valence electrons. The van der Waals surface area contributed by atoms with E-state index < -0.39 is 17.2 Å². The molecule has 0 atom stereocenters. The van der Waals surface area contributed by atoms with Crippen molar-refractivity contribution in [2.24, 2.45) is 0 Å². The Morgan fingerprint density at radius 3 is 2.61 bits per heavy atom. The van der Waals surface area contributed by atoms with E-state index in [0.717, 1.165) is 24.7 Å². The molecule has 3 aromatic rings. The topological polar surface area (TPSA) is 74.6 Å². The monoisotopic (exact) mass is 381 g/mol. The van der Waals surface area contributed by atoms with Gasteiger partial charge in [-0.25, -0.2) is 9.18 Å². The molecule has 4 rings (SSSR count). The van der Waals surface area contributed by atoms with Gasteiger partial charge < -0.3 is 19.9 Å². The number of hydrogen-bond donors (Lipinski definition) is 2. The number of carbonyl (C=O) groups is 1. The summed E-state index contributed by atoms with van der Waals surface area (Å²) in [5.74, 6) is -1.86. The van der Waals surface area contributed by atoms with Gasteiger partial charge in [0.2, 0.25) is 5.43 Å². The van der Waals surface area contributed by atoms with Crippen LogP contribution in [0.5, 0.6) is 0 Å². The van der Waals surface area contributed by atoms with Crippen molar-refractivity contribution in [1.82, 2.24) is 9.88 Å². The molecular weight excluding hydrogens is 361 g/mol. The first-order valence-corrected chi connectivity index (χ1v) is 9.10. The third-order valence-electron chi connectivity index (χ3n) is 5.04. The standard InChI is InChI=1S/C21H20FN3O3/c1-13-3-2-4-14(9-13)25-12-16(21(27)28)20(26)15-10-17(22)19(11-18(15)25)24-7-5-23-6-8-24/h2-4,9-12,23H,5-8H2,1H3,(H,27,28). The number of carboxylic acid groups (broad SMARTS) is 1. The molecule has 0 spiro atoms. The van der Waals surface area contributed by atoms with Crippen LogP contribution < -0.4 is 15.6 Å². The number of aromatic nitrogens is 1. The second-order valence-corrected chi connectivity index (χ2v) is 6.94. The molecule has 2 heterocycles. The Morgan fingerprint density at radius 1 is 1.18 bits per heavy atom. The molecule has 6 nitrogen and oxygen atoms in total. The molecule has 1 aliphatic heterocycles. The summed E-state index contributed by atoms with van der Waals surface area (Å²) in [5, 5.41) is 12.7. The Morgan fingerprint density at radius 2 is 1.93 bits per heavy atom. The Labute approximate surface area is 160 Å². The van der Waals surface area contributed by atoms with Crippen LogP contribution in [0.15, 0.2) is 47.4 Å². The van der Waals surface area contributed by atoms with E-state index in [9.17, 15) is 19.1 Å². The number of fused-ring (bicyclic) bond motifs is 1. The van der Waals surface area contributed by atoms with Gasteiger partial charge in [0.15, 0.2) is 0 Å². The van der Waals surface area contributed by atoms with Crippen LogP contribution in [0, 0.1) is 12.7 Å². The van der Waals surface area contributed by atoms with Gasteiger partial charge in [-0.2, -0.15) is 0 Å². The Kier molecular flexibility index (Phi) is 4.60. The zero-order valence-corrected chi connectivity index (χ0v) is 15.4. The van der Waals surface area contributed by atoms with E-state index in [1.807, 2.05) is 36.1 Å². The average Bonchev–Trinajstić information content (AvgIpc) is 2.68. The summed E-state index contributed by atoms with van der Waals surface area (Å²) in [6.07, 6.45) is 1.32. The second kappa shape index (κ2) is 7.09. The molecule has 1 aliphatic rings. The van der Waals surface area contributed by atoms with E-state index >= 15 is 0 Å². The van der Waals surface area contributed by atoms with Gasteiger partial charge in [0, 0.05) is 43.4 Å². The first-order chi connectivity index (χ1) is 13.5. The molecule has 0 amide bonds. The molecule has 2 N–H and O–H groups in total. The SMILES string of the molecule is Cc1cccc(-n2cc(C(=O)O)c(=O)c3cc(F)c(N4CCNCC4)cc32)c1. The molecular formula is C21H20FN3O3. The number of nitrogens with zero attached hydrogens (tertiary/aromatic N) is 2. The maximum absolute atomic E-state index is 14.9. The number of benzene rings is 2. The fraction of sp³-hybridized carbons (Fsp3) is 0.238. The molecule has 1 fully saturated rings. The van der Waals surface area contributed by atoms with E-state index in [4.69, 9.17) is 0 Å². The number of pyridine rings is 1. The van der Waals surface area contributed by atoms with Crippen molar-refractivity contribution >= 4 is 22.6 Å². The molecule has 0 saturated carbocycles. The number of piperazine rings is 1. The minimum Gasteiger partial charge on any atom is -0.477 e. The molecule has 0 unspecified atom stereocenters. The van der Waals surface area contributed by atoms with E-state index in [0.29, 0.717) is 30.0 Å². The van der Waals surface area contributed by atoms with Crippen LogP contribution in [-0.4, -0.2) is 41.8 Å². The summed E-state index contributed by atoms with van der Waals surface area (Å²) < 4.78 is 16.5. The molecule has 1 aromatic heterocycles. The fourth-order valence-corrected chi connectivity index (χ4v) is 3.63. The van der Waals surface area contributed by atoms with Gasteiger partial charge in [-0.05, 0) is 36.8 Å². The highest BCUT2D eigenvalue weighted by atomic mass is 19.1. The van der Waals surface area contributed by atoms with Crippen molar-refractivity contribution < 1.29 is 14.3 Å². The van der Waals surface area contributed by atoms with Crippen molar-refractivity contribution in [2.45, 2.75) is 6.92 Å². The number of halogens is 1. The lowest BCUT2D eigenvalue weighted by Crippen LogP contribution is -2.43. The number of aryl methyl sites for hydroxylation is 1. The predicted octanol–water partition coefficient (Wildman–Crippen LogP) is 2.55. The van der Waals surface area contributed by atoms with Crippen LogP contribution in [0.25, 0.3) is 16.6 Å². The van der Waals surface area contributed by atoms with Crippen molar-refractivity contribution in [3.05, 3.63) is 69.8 Å². The molecule has 0 radical (unpaired) electrons. The second-order valence-electron chi connectivity index (χ2n) is 6.94. The highest BCUT2D eigenvalue weighted by Gasteiger charge is 2.20. The van der Waals surface area contributed by atoms with Crippen molar-refractivity contribution in [2.75, 3.05) is 31.1 Å². The lowest BCUT2D eigenvalue weighted by atomic mass is 10.1. The smallest absolute Gasteiger partial charge is 0.341 e. The molecule has 1 saturated heterocycles. The van der Waals surface area contributed by atoms with Gasteiger partial charge >= 0.3 is 5.97 Å². The van der Waals surface area contributed by atoms with Gasteiger partial charge in [0.1, 0.15) is 11.4 Å². The number of rotatable bonds is 3. The van der Waals surface area contributed by atoms with Crippen LogP contribution in [0.2, 0.25) is 0 Å². The van der Waals surface area contributed by atoms with Gasteiger partial charge in [0.25, 0.3) is 0 Å². The van der Waals surface area contributed by atoms with Crippen LogP contribution in [0.4, 0.5) is 10.1 Å². The summed E-state index contributed by atoms with van der Waals surface area (Å²) in [5.41, 5.74) is 1.53. The number of aromatic carboxylic acids is 1. The third kappa shape index (κ3) is 3.14. The van der Waals surface area contributed by atoms with E-state index in [1.165, 1.54) is 6.20 Å². The summed E-state index contributed by atoms with van der Waals surface area (Å²) in [4.78, 5) is 26.2. The fourth-order valence-electron chi connectivity index (χ4n) is 3.63. The number of hydrogen-bond acceptors (Lipinski definition) is 4. The summed E-state index contributed by atoms with van der Waals surface area (Å²) >= 11 is 0. The largest absolute Gasteiger partial charge is 0.477 e. The quantitative estimate of drug-likeness (QED) is 0.729. The minimum absolute atomic E-state index is 0.0535. The average molecular weight is 381 g/mol. The van der Waals surface area contributed by atoms with Gasteiger partial charge in [-0.15, -0.1) is 0 Å². The molecule has 2 aromatic carbocycles. The number of anilines is 1. The lowest BCUT2D eigenvalue weighted by Gasteiger charge is -2.30. The van der Waals surface area contributed by atoms with Gasteiger partial charge in [0.05, 0.1) is 11.2 Å². The van der Waals surface area contributed by atoms with Crippen LogP contribution in [-0.2, 0) is 0 Å². The normalized spacial score (nSPS) is 14.4. The van der Waals surface area contributed by atoms with Crippen LogP contribution in [0.3, 0.4) is 0 Å². The molecule has 0 bridgehead atoms. The van der Waals surface area contributed by atoms with E-state index in [-0.39, 0.29) is 10.9 Å². The zero-order chi connectivity index (χ0) is 19.8. The first kappa shape index (κ1) is 18.2. The van der Waals surface area contributed by atoms with Crippen LogP contribution >= 0.6 is 0 Å². The highest BCUT2D eigenvalue weighted by molar-refractivity contribution is 5.94. The Balaban J connectivity index is 2.03. The Hall–Kier alpha value is -3.19. The summed E-state index contributed by atoms with van der Waals surface area (Å²) in [6, 6.07) is 10.3. The lowest BCUT2D eigenvalue weighted by molar-refractivity contribution is 0.0695. The van der Waals surface area contributed by atoms with Crippen molar-refractivity contribution in [3.8, 4) is 5.69 Å². The molecule has 0 aliphatic carbocycles. The van der Waals surface area contributed by atoms with Gasteiger partial charge in [-0.1, -0.05) is 12.1 Å². The number of nitrogens with one attached hydrogen (secondary N) is 1. The first-order valence-electron chi connectivity index (χ1n) is 9.10. The zero-order valence-electron chi connectivity index (χ0n) is 15.4. The van der Waals surface area contributed by atoms with Crippen molar-refractivity contribution in [3.63, 3.8) is 0 Å². The number of carboxylic acids is 1. The van der Waals surface area contributed by atoms with Crippen LogP contribution in [0.1, 0.15) is 15.9 Å². The van der Waals surface area contributed by atoms with Gasteiger partial charge in [-0.3, -0.25) is 4.79 Å². The molecule has 28 heavy (non-hydrogen) atoms.